The Hall–Kier alpha value is -1.77. The molecule has 1 fully saturated rings. The van der Waals surface area contributed by atoms with Crippen LogP contribution in [0.4, 0.5) is 5.69 Å². The van der Waals surface area contributed by atoms with Crippen molar-refractivity contribution in [2.24, 2.45) is 0 Å². The summed E-state index contributed by atoms with van der Waals surface area (Å²) in [6.45, 7) is 4.15. The van der Waals surface area contributed by atoms with Gasteiger partial charge in [-0.15, -0.1) is 0 Å². The second kappa shape index (κ2) is 7.30. The van der Waals surface area contributed by atoms with Crippen LogP contribution >= 0.6 is 11.6 Å². The maximum atomic E-state index is 12.0. The molecule has 0 unspecified atom stereocenters. The van der Waals surface area contributed by atoms with Crippen molar-refractivity contribution in [2.75, 3.05) is 39.4 Å². The van der Waals surface area contributed by atoms with E-state index in [1.54, 1.807) is 0 Å². The number of carbonyl (C=O) groups excluding carboxylic acids is 1. The summed E-state index contributed by atoms with van der Waals surface area (Å²) in [6, 6.07) is 1.12. The molecule has 1 aliphatic rings. The number of aromatic nitrogens is 1. The van der Waals surface area contributed by atoms with Crippen molar-refractivity contribution in [3.63, 3.8) is 0 Å². The van der Waals surface area contributed by atoms with E-state index in [-0.39, 0.29) is 16.4 Å². The van der Waals surface area contributed by atoms with E-state index in [9.17, 15) is 14.9 Å². The largest absolute Gasteiger partial charge is 0.379 e. The second-order valence-electron chi connectivity index (χ2n) is 4.50. The normalized spacial score (nSPS) is 15.7. The molecular formula is C12H15ClN4O4. The Morgan fingerprint density at radius 3 is 2.90 bits per heavy atom. The molecule has 0 saturated carbocycles. The van der Waals surface area contributed by atoms with Crippen LogP contribution in [0.25, 0.3) is 0 Å². The number of morpholine rings is 1. The summed E-state index contributed by atoms with van der Waals surface area (Å²) < 4.78 is 5.23. The number of hydrogen-bond donors (Lipinski definition) is 1. The molecule has 2 rings (SSSR count). The SMILES string of the molecule is O=C(NCCN1CCOCC1)c1cc([N+](=O)[O-])cnc1Cl. The molecule has 0 radical (unpaired) electrons. The zero-order valence-electron chi connectivity index (χ0n) is 11.2. The van der Waals surface area contributed by atoms with Crippen LogP contribution < -0.4 is 5.32 Å². The Morgan fingerprint density at radius 1 is 1.52 bits per heavy atom. The molecular weight excluding hydrogens is 300 g/mol. The van der Waals surface area contributed by atoms with Gasteiger partial charge in [0.1, 0.15) is 11.3 Å². The lowest BCUT2D eigenvalue weighted by atomic mass is 10.2. The quantitative estimate of drug-likeness (QED) is 0.488. The Bertz CT molecular complexity index is 534. The fourth-order valence-electron chi connectivity index (χ4n) is 1.94. The predicted molar refractivity (Wildman–Crippen MR) is 75.5 cm³/mol. The molecule has 1 aromatic heterocycles. The van der Waals surface area contributed by atoms with Crippen LogP contribution in [0.15, 0.2) is 12.3 Å². The number of hydrogen-bond acceptors (Lipinski definition) is 6. The Morgan fingerprint density at radius 2 is 2.24 bits per heavy atom. The number of amides is 1. The van der Waals surface area contributed by atoms with Gasteiger partial charge in [0, 0.05) is 32.2 Å². The van der Waals surface area contributed by atoms with E-state index in [2.05, 4.69) is 15.2 Å². The summed E-state index contributed by atoms with van der Waals surface area (Å²) in [5.41, 5.74) is -0.259. The van der Waals surface area contributed by atoms with Gasteiger partial charge < -0.3 is 10.1 Å². The molecule has 1 saturated heterocycles. The van der Waals surface area contributed by atoms with Crippen LogP contribution in [0.5, 0.6) is 0 Å². The Labute approximate surface area is 126 Å². The van der Waals surface area contributed by atoms with E-state index in [4.69, 9.17) is 16.3 Å². The smallest absolute Gasteiger partial charge is 0.288 e. The van der Waals surface area contributed by atoms with E-state index in [0.717, 1.165) is 25.4 Å². The van der Waals surface area contributed by atoms with E-state index in [0.29, 0.717) is 26.3 Å². The monoisotopic (exact) mass is 314 g/mol. The van der Waals surface area contributed by atoms with Crippen LogP contribution in [0, 0.1) is 10.1 Å². The van der Waals surface area contributed by atoms with Gasteiger partial charge in [-0.3, -0.25) is 19.8 Å². The maximum Gasteiger partial charge on any atom is 0.288 e. The first kappa shape index (κ1) is 15.6. The van der Waals surface area contributed by atoms with E-state index in [1.165, 1.54) is 0 Å². The minimum atomic E-state index is -0.617. The van der Waals surface area contributed by atoms with Crippen LogP contribution in [0.2, 0.25) is 5.15 Å². The molecule has 1 amide bonds. The van der Waals surface area contributed by atoms with Crippen molar-refractivity contribution >= 4 is 23.2 Å². The molecule has 114 valence electrons. The molecule has 0 bridgehead atoms. The topological polar surface area (TPSA) is 97.6 Å². The van der Waals surface area contributed by atoms with Gasteiger partial charge in [0.25, 0.3) is 11.6 Å². The molecule has 2 heterocycles. The lowest BCUT2D eigenvalue weighted by Crippen LogP contribution is -2.41. The maximum absolute atomic E-state index is 12.0. The van der Waals surface area contributed by atoms with Gasteiger partial charge in [-0.1, -0.05) is 11.6 Å². The standard InChI is InChI=1S/C12H15ClN4O4/c13-11-10(7-9(8-15-11)17(19)20)12(18)14-1-2-16-3-5-21-6-4-16/h7-8H,1-6H2,(H,14,18). The molecule has 0 spiro atoms. The third-order valence-electron chi connectivity index (χ3n) is 3.10. The fourth-order valence-corrected chi connectivity index (χ4v) is 2.13. The van der Waals surface area contributed by atoms with Gasteiger partial charge in [-0.25, -0.2) is 4.98 Å². The van der Waals surface area contributed by atoms with Crippen LogP contribution in [-0.2, 0) is 4.74 Å². The van der Waals surface area contributed by atoms with Crippen LogP contribution in [-0.4, -0.2) is 60.1 Å². The Kier molecular flexibility index (Phi) is 5.43. The molecule has 21 heavy (non-hydrogen) atoms. The average molecular weight is 315 g/mol. The second-order valence-corrected chi connectivity index (χ2v) is 4.86. The summed E-state index contributed by atoms with van der Waals surface area (Å²) in [6.07, 6.45) is 1.02. The minimum Gasteiger partial charge on any atom is -0.379 e. The van der Waals surface area contributed by atoms with Crippen molar-refractivity contribution in [1.82, 2.24) is 15.2 Å². The minimum absolute atomic E-state index is 0.00726. The third kappa shape index (κ3) is 4.35. The summed E-state index contributed by atoms with van der Waals surface area (Å²) in [4.78, 5) is 27.9. The highest BCUT2D eigenvalue weighted by atomic mass is 35.5. The zero-order valence-corrected chi connectivity index (χ0v) is 12.0. The van der Waals surface area contributed by atoms with Crippen molar-refractivity contribution < 1.29 is 14.5 Å². The zero-order chi connectivity index (χ0) is 15.2. The van der Waals surface area contributed by atoms with Crippen molar-refractivity contribution in [3.05, 3.63) is 33.1 Å². The summed E-state index contributed by atoms with van der Waals surface area (Å²) >= 11 is 5.80. The molecule has 8 nitrogen and oxygen atoms in total. The van der Waals surface area contributed by atoms with Crippen molar-refractivity contribution in [1.29, 1.82) is 0 Å². The van der Waals surface area contributed by atoms with Crippen LogP contribution in [0.1, 0.15) is 10.4 Å². The number of pyridine rings is 1. The first-order valence-electron chi connectivity index (χ1n) is 6.46. The number of carbonyl (C=O) groups is 1. The molecule has 1 aromatic rings. The highest BCUT2D eigenvalue weighted by Gasteiger charge is 2.17. The lowest BCUT2D eigenvalue weighted by Gasteiger charge is -2.26. The van der Waals surface area contributed by atoms with Gasteiger partial charge in [-0.2, -0.15) is 0 Å². The van der Waals surface area contributed by atoms with Gasteiger partial charge in [0.2, 0.25) is 0 Å². The molecule has 9 heteroatoms. The molecule has 0 aromatic carbocycles. The van der Waals surface area contributed by atoms with E-state index >= 15 is 0 Å². The highest BCUT2D eigenvalue weighted by molar-refractivity contribution is 6.32. The number of nitrogens with zero attached hydrogens (tertiary/aromatic N) is 3. The number of rotatable bonds is 5. The number of nitro groups is 1. The van der Waals surface area contributed by atoms with E-state index < -0.39 is 10.8 Å². The van der Waals surface area contributed by atoms with Gasteiger partial charge in [0.05, 0.1) is 23.7 Å². The molecule has 1 N–H and O–H groups in total. The molecule has 0 atom stereocenters. The summed E-state index contributed by atoms with van der Waals surface area (Å²) in [5.74, 6) is -0.468. The highest BCUT2D eigenvalue weighted by Crippen LogP contribution is 2.18. The van der Waals surface area contributed by atoms with E-state index in [1.807, 2.05) is 0 Å². The first-order valence-corrected chi connectivity index (χ1v) is 6.84. The van der Waals surface area contributed by atoms with Gasteiger partial charge >= 0.3 is 0 Å². The third-order valence-corrected chi connectivity index (χ3v) is 3.40. The number of ether oxygens (including phenoxy) is 1. The Balaban J connectivity index is 1.90. The van der Waals surface area contributed by atoms with Crippen LogP contribution in [0.3, 0.4) is 0 Å². The molecule has 0 aliphatic carbocycles. The fraction of sp³-hybridized carbons (Fsp3) is 0.500. The number of nitrogens with one attached hydrogen (secondary N) is 1. The average Bonchev–Trinajstić information content (AvgIpc) is 2.48. The lowest BCUT2D eigenvalue weighted by molar-refractivity contribution is -0.385. The van der Waals surface area contributed by atoms with Gasteiger partial charge in [0.15, 0.2) is 0 Å². The van der Waals surface area contributed by atoms with Crippen molar-refractivity contribution in [2.45, 2.75) is 0 Å². The summed E-state index contributed by atoms with van der Waals surface area (Å²) in [5, 5.41) is 13.3. The first-order chi connectivity index (χ1) is 10.1. The predicted octanol–water partition coefficient (Wildman–Crippen LogP) is 0.705. The van der Waals surface area contributed by atoms with Crippen molar-refractivity contribution in [3.8, 4) is 0 Å². The molecule has 1 aliphatic heterocycles. The van der Waals surface area contributed by atoms with Gasteiger partial charge in [-0.05, 0) is 0 Å². The summed E-state index contributed by atoms with van der Waals surface area (Å²) in [7, 11) is 0. The number of halogens is 1.